The Kier molecular flexibility index (Phi) is 5.60. The maximum absolute atomic E-state index is 4.76. The summed E-state index contributed by atoms with van der Waals surface area (Å²) < 4.78 is 3.22. The summed E-state index contributed by atoms with van der Waals surface area (Å²) in [4.78, 5) is 9.82. The Balaban J connectivity index is 2.16. The molecule has 0 spiro atoms. The van der Waals surface area contributed by atoms with Gasteiger partial charge in [0, 0.05) is 39.8 Å². The van der Waals surface area contributed by atoms with Crippen LogP contribution < -0.4 is 5.32 Å². The van der Waals surface area contributed by atoms with E-state index < -0.39 is 0 Å². The van der Waals surface area contributed by atoms with Crippen LogP contribution in [0.15, 0.2) is 4.60 Å². The van der Waals surface area contributed by atoms with Crippen LogP contribution >= 0.6 is 15.9 Å². The molecule has 0 amide bonds. The first kappa shape index (κ1) is 15.9. The number of likely N-dealkylation sites (N-methyl/N-ethyl adjacent to an activating group) is 2. The van der Waals surface area contributed by atoms with Crippen molar-refractivity contribution in [1.29, 1.82) is 0 Å². The molecule has 1 aromatic heterocycles. The minimum Gasteiger partial charge on any atom is -0.326 e. The lowest BCUT2D eigenvalue weighted by Crippen LogP contribution is -2.49. The fraction of sp³-hybridized carbons (Fsp3) is 0.786. The number of hydrogen-bond acceptors (Lipinski definition) is 4. The first-order chi connectivity index (χ1) is 9.58. The van der Waals surface area contributed by atoms with Gasteiger partial charge >= 0.3 is 0 Å². The molecule has 1 saturated heterocycles. The number of piperazine rings is 1. The molecule has 1 unspecified atom stereocenters. The predicted molar refractivity (Wildman–Crippen MR) is 86.0 cm³/mol. The summed E-state index contributed by atoms with van der Waals surface area (Å²) in [7, 11) is 4.07. The first-order valence-corrected chi connectivity index (χ1v) is 8.17. The number of rotatable bonds is 5. The molecule has 0 saturated carbocycles. The molecule has 6 heteroatoms. The van der Waals surface area contributed by atoms with Crippen molar-refractivity contribution in [3.8, 4) is 0 Å². The molecule has 20 heavy (non-hydrogen) atoms. The Morgan fingerprint density at radius 3 is 2.40 bits per heavy atom. The van der Waals surface area contributed by atoms with Crippen LogP contribution in [0.1, 0.15) is 24.5 Å². The summed E-state index contributed by atoms with van der Waals surface area (Å²) in [6, 6.07) is 0.341. The summed E-state index contributed by atoms with van der Waals surface area (Å²) in [5, 5.41) is 3.32. The second-order valence-corrected chi connectivity index (χ2v) is 6.19. The molecule has 1 fully saturated rings. The van der Waals surface area contributed by atoms with Crippen molar-refractivity contribution in [2.45, 2.75) is 19.9 Å². The lowest BCUT2D eigenvalue weighted by Gasteiger charge is -2.38. The molecule has 0 radical (unpaired) electrons. The van der Waals surface area contributed by atoms with Crippen molar-refractivity contribution in [3.05, 3.63) is 16.1 Å². The number of nitrogens with zero attached hydrogens (tertiary/aromatic N) is 4. The zero-order valence-corrected chi connectivity index (χ0v) is 14.6. The maximum Gasteiger partial charge on any atom is 0.109 e. The molecule has 1 N–H and O–H groups in total. The van der Waals surface area contributed by atoms with E-state index in [2.05, 4.69) is 56.5 Å². The molecule has 0 bridgehead atoms. The quantitative estimate of drug-likeness (QED) is 0.876. The average Bonchev–Trinajstić information content (AvgIpc) is 2.72. The number of aryl methyl sites for hydroxylation is 1. The minimum atomic E-state index is 0.341. The van der Waals surface area contributed by atoms with E-state index in [0.29, 0.717) is 6.04 Å². The predicted octanol–water partition coefficient (Wildman–Crippen LogP) is 1.39. The molecule has 1 aromatic rings. The zero-order chi connectivity index (χ0) is 14.7. The number of nitrogens with one attached hydrogen (secondary N) is 1. The van der Waals surface area contributed by atoms with Gasteiger partial charge in [0.05, 0.1) is 11.7 Å². The van der Waals surface area contributed by atoms with Crippen molar-refractivity contribution >= 4 is 15.9 Å². The highest BCUT2D eigenvalue weighted by Gasteiger charge is 2.28. The highest BCUT2D eigenvalue weighted by molar-refractivity contribution is 9.10. The smallest absolute Gasteiger partial charge is 0.109 e. The lowest BCUT2D eigenvalue weighted by molar-refractivity contribution is 0.0972. The van der Waals surface area contributed by atoms with Crippen LogP contribution in [0.2, 0.25) is 0 Å². The van der Waals surface area contributed by atoms with Crippen molar-refractivity contribution in [3.63, 3.8) is 0 Å². The summed E-state index contributed by atoms with van der Waals surface area (Å²) in [6.45, 7) is 10.9. The Morgan fingerprint density at radius 2 is 1.95 bits per heavy atom. The third kappa shape index (κ3) is 3.24. The first-order valence-electron chi connectivity index (χ1n) is 7.38. The van der Waals surface area contributed by atoms with E-state index in [0.717, 1.165) is 55.4 Å². The van der Waals surface area contributed by atoms with E-state index in [-0.39, 0.29) is 0 Å². The molecule has 114 valence electrons. The molecule has 0 aliphatic carbocycles. The van der Waals surface area contributed by atoms with Gasteiger partial charge in [-0.2, -0.15) is 0 Å². The van der Waals surface area contributed by atoms with Gasteiger partial charge in [-0.25, -0.2) is 4.98 Å². The van der Waals surface area contributed by atoms with Crippen molar-refractivity contribution in [2.75, 3.05) is 46.3 Å². The normalized spacial score (nSPS) is 19.4. The van der Waals surface area contributed by atoms with Crippen LogP contribution in [0.4, 0.5) is 0 Å². The molecule has 5 nitrogen and oxygen atoms in total. The van der Waals surface area contributed by atoms with Crippen LogP contribution in [-0.4, -0.2) is 65.7 Å². The van der Waals surface area contributed by atoms with Crippen LogP contribution in [0.25, 0.3) is 0 Å². The van der Waals surface area contributed by atoms with Crippen LogP contribution in [0.5, 0.6) is 0 Å². The Labute approximate surface area is 130 Å². The number of aromatic nitrogens is 2. The highest BCUT2D eigenvalue weighted by Crippen LogP contribution is 2.28. The SMILES string of the molecule is CCN1CCN(C(CNC)c2nc(C)n(C)c2Br)CC1. The summed E-state index contributed by atoms with van der Waals surface area (Å²) >= 11 is 3.70. The third-order valence-corrected chi connectivity index (χ3v) is 5.22. The van der Waals surface area contributed by atoms with Crippen LogP contribution in [0, 0.1) is 6.92 Å². The fourth-order valence-corrected chi connectivity index (χ4v) is 3.41. The second kappa shape index (κ2) is 7.02. The van der Waals surface area contributed by atoms with E-state index in [1.165, 1.54) is 0 Å². The largest absolute Gasteiger partial charge is 0.326 e. The maximum atomic E-state index is 4.76. The monoisotopic (exact) mass is 343 g/mol. The minimum absolute atomic E-state index is 0.341. The number of imidazole rings is 1. The lowest BCUT2D eigenvalue weighted by atomic mass is 10.1. The molecule has 2 rings (SSSR count). The fourth-order valence-electron chi connectivity index (χ4n) is 2.80. The van der Waals surface area contributed by atoms with Crippen molar-refractivity contribution < 1.29 is 0 Å². The van der Waals surface area contributed by atoms with Gasteiger partial charge in [-0.05, 0) is 36.4 Å². The van der Waals surface area contributed by atoms with Gasteiger partial charge in [0.15, 0.2) is 0 Å². The summed E-state index contributed by atoms with van der Waals surface area (Å²) in [5.41, 5.74) is 1.16. The topological polar surface area (TPSA) is 36.3 Å². The van der Waals surface area contributed by atoms with Crippen molar-refractivity contribution in [2.24, 2.45) is 7.05 Å². The van der Waals surface area contributed by atoms with Crippen LogP contribution in [0.3, 0.4) is 0 Å². The van der Waals surface area contributed by atoms with E-state index in [1.807, 2.05) is 7.05 Å². The van der Waals surface area contributed by atoms with Gasteiger partial charge in [0.2, 0.25) is 0 Å². The Morgan fingerprint density at radius 1 is 1.30 bits per heavy atom. The molecule has 2 heterocycles. The van der Waals surface area contributed by atoms with Gasteiger partial charge < -0.3 is 14.8 Å². The molecular weight excluding hydrogens is 318 g/mol. The average molecular weight is 344 g/mol. The molecule has 1 atom stereocenters. The number of hydrogen-bond donors (Lipinski definition) is 1. The molecule has 0 aromatic carbocycles. The highest BCUT2D eigenvalue weighted by atomic mass is 79.9. The molecular formula is C14H26BrN5. The van der Waals surface area contributed by atoms with Gasteiger partial charge in [0.1, 0.15) is 10.4 Å². The van der Waals surface area contributed by atoms with Gasteiger partial charge in [-0.1, -0.05) is 6.92 Å². The van der Waals surface area contributed by atoms with Gasteiger partial charge in [0.25, 0.3) is 0 Å². The standard InChI is InChI=1S/C14H26BrN5/c1-5-19-6-8-20(9-7-19)12(10-16-3)13-14(15)18(4)11(2)17-13/h12,16H,5-10H2,1-4H3. The van der Waals surface area contributed by atoms with Crippen molar-refractivity contribution in [1.82, 2.24) is 24.7 Å². The Hall–Kier alpha value is -0.430. The van der Waals surface area contributed by atoms with E-state index in [9.17, 15) is 0 Å². The summed E-state index contributed by atoms with van der Waals surface area (Å²) in [6.07, 6.45) is 0. The number of halogens is 1. The molecule has 1 aliphatic rings. The second-order valence-electron chi connectivity index (χ2n) is 5.44. The Bertz CT molecular complexity index is 437. The zero-order valence-electron chi connectivity index (χ0n) is 13.0. The van der Waals surface area contributed by atoms with Gasteiger partial charge in [-0.3, -0.25) is 4.90 Å². The molecule has 1 aliphatic heterocycles. The summed E-state index contributed by atoms with van der Waals surface area (Å²) in [5.74, 6) is 1.06. The van der Waals surface area contributed by atoms with Gasteiger partial charge in [-0.15, -0.1) is 0 Å². The third-order valence-electron chi connectivity index (χ3n) is 4.28. The van der Waals surface area contributed by atoms with E-state index in [1.54, 1.807) is 0 Å². The van der Waals surface area contributed by atoms with E-state index >= 15 is 0 Å². The van der Waals surface area contributed by atoms with Crippen LogP contribution in [-0.2, 0) is 7.05 Å². The van der Waals surface area contributed by atoms with E-state index in [4.69, 9.17) is 4.98 Å².